The van der Waals surface area contributed by atoms with Gasteiger partial charge < -0.3 is 20.3 Å². The normalized spacial score (nSPS) is 10.9. The molecule has 0 saturated heterocycles. The zero-order valence-corrected chi connectivity index (χ0v) is 16.5. The average molecular weight is 402 g/mol. The molecule has 0 aliphatic rings. The summed E-state index contributed by atoms with van der Waals surface area (Å²) in [6.07, 6.45) is 7.40. The number of fused-ring (bicyclic) bond motifs is 1. The lowest BCUT2D eigenvalue weighted by molar-refractivity contribution is 0.274. The summed E-state index contributed by atoms with van der Waals surface area (Å²) in [4.78, 5) is 25.9. The number of hydrogen-bond donors (Lipinski definition) is 3. The maximum Gasteiger partial charge on any atom is 0.262 e. The summed E-state index contributed by atoms with van der Waals surface area (Å²) in [5, 5.41) is 16.8. The average Bonchev–Trinajstić information content (AvgIpc) is 2.77. The van der Waals surface area contributed by atoms with Gasteiger partial charge in [-0.25, -0.2) is 9.97 Å². The summed E-state index contributed by atoms with van der Waals surface area (Å²) in [5.41, 5.74) is 1.84. The topological polar surface area (TPSA) is 105 Å². The number of pyridine rings is 2. The van der Waals surface area contributed by atoms with Crippen LogP contribution in [-0.2, 0) is 13.0 Å². The minimum atomic E-state index is -0.215. The molecule has 3 N–H and O–H groups in total. The number of aryl methyl sites for hydroxylation is 1. The van der Waals surface area contributed by atoms with Crippen LogP contribution >= 0.6 is 0 Å². The molecular formula is C22H22N6O2. The quantitative estimate of drug-likeness (QED) is 0.436. The van der Waals surface area contributed by atoms with E-state index in [1.807, 2.05) is 30.3 Å². The molecule has 30 heavy (non-hydrogen) atoms. The van der Waals surface area contributed by atoms with E-state index in [1.54, 1.807) is 30.9 Å². The lowest BCUT2D eigenvalue weighted by Gasteiger charge is -2.14. The van der Waals surface area contributed by atoms with Gasteiger partial charge >= 0.3 is 0 Å². The van der Waals surface area contributed by atoms with Crippen molar-refractivity contribution in [1.82, 2.24) is 19.5 Å². The fraction of sp³-hybridized carbons (Fsp3) is 0.182. The van der Waals surface area contributed by atoms with Crippen LogP contribution in [0.15, 0.2) is 66.0 Å². The highest BCUT2D eigenvalue weighted by Crippen LogP contribution is 2.26. The Hall–Kier alpha value is -3.78. The molecule has 0 aliphatic heterocycles. The highest BCUT2D eigenvalue weighted by Gasteiger charge is 2.13. The van der Waals surface area contributed by atoms with Gasteiger partial charge in [0, 0.05) is 30.8 Å². The molecule has 0 bridgehead atoms. The van der Waals surface area contributed by atoms with Crippen LogP contribution in [0.4, 0.5) is 23.1 Å². The molecule has 4 rings (SSSR count). The van der Waals surface area contributed by atoms with Crippen molar-refractivity contribution in [3.63, 3.8) is 0 Å². The Morgan fingerprint density at radius 1 is 1.07 bits per heavy atom. The number of aliphatic hydroxyl groups excluding tert-OH is 1. The number of benzene rings is 1. The largest absolute Gasteiger partial charge is 0.395 e. The third-order valence-electron chi connectivity index (χ3n) is 4.74. The van der Waals surface area contributed by atoms with Crippen LogP contribution in [0.1, 0.15) is 12.5 Å². The van der Waals surface area contributed by atoms with Crippen LogP contribution < -0.4 is 16.2 Å². The summed E-state index contributed by atoms with van der Waals surface area (Å²) >= 11 is 0. The lowest BCUT2D eigenvalue weighted by atomic mass is 10.1. The highest BCUT2D eigenvalue weighted by atomic mass is 16.3. The smallest absolute Gasteiger partial charge is 0.262 e. The molecule has 0 saturated carbocycles. The van der Waals surface area contributed by atoms with Crippen LogP contribution in [0.5, 0.6) is 0 Å². The highest BCUT2D eigenvalue weighted by molar-refractivity contribution is 5.94. The first-order valence-corrected chi connectivity index (χ1v) is 9.72. The summed E-state index contributed by atoms with van der Waals surface area (Å²) in [6.45, 7) is 2.20. The van der Waals surface area contributed by atoms with Crippen LogP contribution in [0.25, 0.3) is 10.8 Å². The standard InChI is InChI=1S/C22H22N6O2/c1-2-15-3-5-17(6-4-15)25-21-20-16(7-10-28(11-12-29)22(20)30)13-18(27-21)26-19-14-23-8-9-24-19/h3-10,13-14,29H,2,11-12H2,1H3,(H2,24,25,26,27). The Morgan fingerprint density at radius 3 is 2.60 bits per heavy atom. The fourth-order valence-electron chi connectivity index (χ4n) is 3.20. The number of nitrogens with zero attached hydrogens (tertiary/aromatic N) is 4. The second kappa shape index (κ2) is 8.71. The molecule has 4 aromatic rings. The second-order valence-electron chi connectivity index (χ2n) is 6.75. The van der Waals surface area contributed by atoms with Crippen molar-refractivity contribution >= 4 is 33.9 Å². The van der Waals surface area contributed by atoms with E-state index in [4.69, 9.17) is 0 Å². The van der Waals surface area contributed by atoms with E-state index in [-0.39, 0.29) is 18.7 Å². The van der Waals surface area contributed by atoms with Gasteiger partial charge in [-0.3, -0.25) is 9.78 Å². The molecule has 0 atom stereocenters. The molecule has 8 heteroatoms. The van der Waals surface area contributed by atoms with Crippen molar-refractivity contribution in [3.8, 4) is 0 Å². The lowest BCUT2D eigenvalue weighted by Crippen LogP contribution is -2.22. The van der Waals surface area contributed by atoms with Crippen molar-refractivity contribution in [2.24, 2.45) is 0 Å². The molecule has 0 unspecified atom stereocenters. The Balaban J connectivity index is 1.81. The molecule has 0 radical (unpaired) electrons. The number of rotatable bonds is 7. The van der Waals surface area contributed by atoms with Crippen molar-refractivity contribution < 1.29 is 5.11 Å². The molecule has 0 amide bonds. The van der Waals surface area contributed by atoms with E-state index in [0.717, 1.165) is 17.5 Å². The molecule has 0 spiro atoms. The zero-order chi connectivity index (χ0) is 20.9. The predicted octanol–water partition coefficient (Wildman–Crippen LogP) is 3.23. The van der Waals surface area contributed by atoms with Gasteiger partial charge in [-0.1, -0.05) is 19.1 Å². The third-order valence-corrected chi connectivity index (χ3v) is 4.74. The molecule has 3 aromatic heterocycles. The van der Waals surface area contributed by atoms with Gasteiger partial charge in [0.05, 0.1) is 18.2 Å². The van der Waals surface area contributed by atoms with E-state index >= 15 is 0 Å². The van der Waals surface area contributed by atoms with Gasteiger partial charge in [0.25, 0.3) is 5.56 Å². The Morgan fingerprint density at radius 2 is 1.90 bits per heavy atom. The van der Waals surface area contributed by atoms with Gasteiger partial charge in [0.15, 0.2) is 0 Å². The Bertz CT molecular complexity index is 1210. The van der Waals surface area contributed by atoms with Gasteiger partial charge in [0.2, 0.25) is 0 Å². The van der Waals surface area contributed by atoms with Crippen LogP contribution in [0.3, 0.4) is 0 Å². The van der Waals surface area contributed by atoms with Gasteiger partial charge in [-0.05, 0) is 41.6 Å². The first-order valence-electron chi connectivity index (χ1n) is 9.72. The second-order valence-corrected chi connectivity index (χ2v) is 6.75. The molecule has 0 aliphatic carbocycles. The van der Waals surface area contributed by atoms with Crippen molar-refractivity contribution in [1.29, 1.82) is 0 Å². The summed E-state index contributed by atoms with van der Waals surface area (Å²) in [7, 11) is 0. The number of nitrogens with one attached hydrogen (secondary N) is 2. The Kier molecular flexibility index (Phi) is 5.67. The van der Waals surface area contributed by atoms with Crippen LogP contribution in [0, 0.1) is 0 Å². The molecule has 8 nitrogen and oxygen atoms in total. The van der Waals surface area contributed by atoms with E-state index in [1.165, 1.54) is 10.1 Å². The fourth-order valence-corrected chi connectivity index (χ4v) is 3.20. The van der Waals surface area contributed by atoms with Crippen molar-refractivity contribution in [2.75, 3.05) is 17.2 Å². The van der Waals surface area contributed by atoms with E-state index in [2.05, 4.69) is 32.5 Å². The van der Waals surface area contributed by atoms with Crippen molar-refractivity contribution in [2.45, 2.75) is 19.9 Å². The number of anilines is 4. The number of aromatic nitrogens is 4. The summed E-state index contributed by atoms with van der Waals surface area (Å²) in [5.74, 6) is 1.52. The van der Waals surface area contributed by atoms with E-state index < -0.39 is 0 Å². The van der Waals surface area contributed by atoms with Gasteiger partial charge in [-0.15, -0.1) is 0 Å². The number of hydrogen-bond acceptors (Lipinski definition) is 7. The molecule has 0 fully saturated rings. The first kappa shape index (κ1) is 19.5. The predicted molar refractivity (Wildman–Crippen MR) is 118 cm³/mol. The SMILES string of the molecule is CCc1ccc(Nc2nc(Nc3cnccn3)cc3ccn(CCO)c(=O)c23)cc1. The van der Waals surface area contributed by atoms with E-state index in [9.17, 15) is 9.90 Å². The number of aliphatic hydroxyl groups is 1. The van der Waals surface area contributed by atoms with Crippen LogP contribution in [-0.4, -0.2) is 31.2 Å². The molecule has 3 heterocycles. The Labute approximate surface area is 173 Å². The molecule has 152 valence electrons. The van der Waals surface area contributed by atoms with Gasteiger partial charge in [-0.2, -0.15) is 0 Å². The molecular weight excluding hydrogens is 380 g/mol. The van der Waals surface area contributed by atoms with Crippen LogP contribution in [0.2, 0.25) is 0 Å². The first-order chi connectivity index (χ1) is 14.7. The zero-order valence-electron chi connectivity index (χ0n) is 16.5. The third kappa shape index (κ3) is 4.13. The maximum absolute atomic E-state index is 13.0. The summed E-state index contributed by atoms with van der Waals surface area (Å²) in [6, 6.07) is 11.6. The monoisotopic (exact) mass is 402 g/mol. The minimum absolute atomic E-state index is 0.119. The summed E-state index contributed by atoms with van der Waals surface area (Å²) < 4.78 is 1.48. The minimum Gasteiger partial charge on any atom is -0.395 e. The van der Waals surface area contributed by atoms with E-state index in [0.29, 0.717) is 22.8 Å². The maximum atomic E-state index is 13.0. The van der Waals surface area contributed by atoms with Crippen molar-refractivity contribution in [3.05, 3.63) is 77.1 Å². The van der Waals surface area contributed by atoms with Gasteiger partial charge in [0.1, 0.15) is 17.5 Å². The molecule has 1 aromatic carbocycles.